The molecule has 29 heavy (non-hydrogen) atoms. The van der Waals surface area contributed by atoms with E-state index in [9.17, 15) is 20.1 Å². The number of hydrogen-bond acceptors (Lipinski definition) is 5. The minimum absolute atomic E-state index is 0.113. The number of fused-ring (bicyclic) bond motifs is 5. The normalized spacial score (nSPS) is 46.9. The molecule has 3 saturated carbocycles. The molecule has 0 aromatic heterocycles. The number of rotatable bonds is 2. The van der Waals surface area contributed by atoms with Crippen LogP contribution in [0.3, 0.4) is 0 Å². The second-order valence-corrected chi connectivity index (χ2v) is 11.5. The fourth-order valence-electron chi connectivity index (χ4n) is 7.04. The summed E-state index contributed by atoms with van der Waals surface area (Å²) in [5.41, 5.74) is -1.20. The first kappa shape index (κ1) is 21.3. The zero-order valence-electron chi connectivity index (χ0n) is 18.4. The van der Waals surface area contributed by atoms with Gasteiger partial charge in [-0.05, 0) is 89.5 Å². The molecule has 0 aromatic carbocycles. The van der Waals surface area contributed by atoms with Crippen molar-refractivity contribution in [3.63, 3.8) is 0 Å². The smallest absolute Gasteiger partial charge is 0.311 e. The highest BCUT2D eigenvalue weighted by molar-refractivity contribution is 5.75. The van der Waals surface area contributed by atoms with Crippen LogP contribution < -0.4 is 0 Å². The van der Waals surface area contributed by atoms with E-state index in [0.717, 1.165) is 44.1 Å². The van der Waals surface area contributed by atoms with Gasteiger partial charge in [0.05, 0.1) is 17.1 Å². The van der Waals surface area contributed by atoms with Crippen LogP contribution in [-0.2, 0) is 9.53 Å². The second-order valence-electron chi connectivity index (χ2n) is 11.5. The van der Waals surface area contributed by atoms with Crippen LogP contribution in [0.5, 0.6) is 0 Å². The lowest BCUT2D eigenvalue weighted by Crippen LogP contribution is -2.60. The molecule has 4 aliphatic carbocycles. The van der Waals surface area contributed by atoms with Gasteiger partial charge in [0.15, 0.2) is 0 Å². The minimum Gasteiger partial charge on any atom is -0.461 e. The molecule has 7 atom stereocenters. The van der Waals surface area contributed by atoms with Crippen LogP contribution in [0.25, 0.3) is 0 Å². The van der Waals surface area contributed by atoms with E-state index in [0.29, 0.717) is 12.8 Å². The molecule has 4 rings (SSSR count). The average molecular weight is 407 g/mol. The Morgan fingerprint density at radius 3 is 2.59 bits per heavy atom. The molecule has 0 aromatic rings. The van der Waals surface area contributed by atoms with Gasteiger partial charge in [-0.2, -0.15) is 0 Å². The van der Waals surface area contributed by atoms with E-state index in [1.54, 1.807) is 0 Å². The first-order valence-corrected chi connectivity index (χ1v) is 11.4. The summed E-state index contributed by atoms with van der Waals surface area (Å²) in [6.07, 6.45) is 7.66. The number of aliphatic hydroxyl groups excluding tert-OH is 2. The molecule has 0 spiro atoms. The molecule has 0 bridgehead atoms. The van der Waals surface area contributed by atoms with Crippen LogP contribution >= 0.6 is 0 Å². The number of aliphatic hydroxyl groups is 3. The molecule has 164 valence electrons. The van der Waals surface area contributed by atoms with E-state index in [1.165, 1.54) is 0 Å². The van der Waals surface area contributed by atoms with Crippen molar-refractivity contribution in [1.29, 1.82) is 0 Å². The van der Waals surface area contributed by atoms with Crippen LogP contribution in [0.4, 0.5) is 0 Å². The molecular formula is C24H38O5. The maximum Gasteiger partial charge on any atom is 0.311 e. The number of allylic oxidation sites excluding steroid dienone is 1. The van der Waals surface area contributed by atoms with Gasteiger partial charge in [-0.1, -0.05) is 13.0 Å². The van der Waals surface area contributed by atoms with Gasteiger partial charge >= 0.3 is 5.97 Å². The SMILES string of the molecule is CC(C)(C)C(=O)OC1CC[C@@]2(O)C3=CCC4CC(O)CC[C@]4(CO)[C@@H]3CC[C@]12C. The highest BCUT2D eigenvalue weighted by atomic mass is 16.5. The summed E-state index contributed by atoms with van der Waals surface area (Å²) in [6, 6.07) is 0. The van der Waals surface area contributed by atoms with E-state index >= 15 is 0 Å². The van der Waals surface area contributed by atoms with Gasteiger partial charge in [0.2, 0.25) is 0 Å². The molecule has 3 N–H and O–H groups in total. The van der Waals surface area contributed by atoms with Gasteiger partial charge in [-0.15, -0.1) is 0 Å². The average Bonchev–Trinajstić information content (AvgIpc) is 2.92. The number of ether oxygens (including phenoxy) is 1. The first-order chi connectivity index (χ1) is 13.5. The highest BCUT2D eigenvalue weighted by Crippen LogP contribution is 2.66. The van der Waals surface area contributed by atoms with Crippen molar-refractivity contribution < 1.29 is 24.9 Å². The van der Waals surface area contributed by atoms with E-state index in [4.69, 9.17) is 4.74 Å². The summed E-state index contributed by atoms with van der Waals surface area (Å²) in [7, 11) is 0. The van der Waals surface area contributed by atoms with Crippen molar-refractivity contribution >= 4 is 5.97 Å². The lowest BCUT2D eigenvalue weighted by molar-refractivity contribution is -0.176. The molecule has 5 nitrogen and oxygen atoms in total. The van der Waals surface area contributed by atoms with E-state index in [2.05, 4.69) is 13.0 Å². The Balaban J connectivity index is 1.66. The topological polar surface area (TPSA) is 87.0 Å². The Bertz CT molecular complexity index is 709. The quantitative estimate of drug-likeness (QED) is 0.484. The van der Waals surface area contributed by atoms with Crippen molar-refractivity contribution in [2.45, 2.75) is 96.9 Å². The first-order valence-electron chi connectivity index (χ1n) is 11.4. The molecule has 5 heteroatoms. The van der Waals surface area contributed by atoms with Crippen molar-refractivity contribution in [1.82, 2.24) is 0 Å². The minimum atomic E-state index is -0.984. The van der Waals surface area contributed by atoms with Crippen molar-refractivity contribution in [3.05, 3.63) is 11.6 Å². The Hall–Kier alpha value is -0.910. The highest BCUT2D eigenvalue weighted by Gasteiger charge is 2.66. The number of carbonyl (C=O) groups excluding carboxylic acids is 1. The third-order valence-electron chi connectivity index (χ3n) is 9.01. The summed E-state index contributed by atoms with van der Waals surface area (Å²) >= 11 is 0. The third kappa shape index (κ3) is 2.95. The molecular weight excluding hydrogens is 368 g/mol. The Labute approximate surface area is 174 Å². The van der Waals surface area contributed by atoms with Gasteiger partial charge in [0.1, 0.15) is 6.10 Å². The van der Waals surface area contributed by atoms with Gasteiger partial charge in [0, 0.05) is 17.4 Å². The zero-order valence-corrected chi connectivity index (χ0v) is 18.4. The third-order valence-corrected chi connectivity index (χ3v) is 9.01. The summed E-state index contributed by atoms with van der Waals surface area (Å²) in [6.45, 7) is 7.79. The Morgan fingerprint density at radius 2 is 1.93 bits per heavy atom. The van der Waals surface area contributed by atoms with Gasteiger partial charge in [-0.3, -0.25) is 4.79 Å². The predicted octanol–water partition coefficient (Wildman–Crippen LogP) is 3.36. The van der Waals surface area contributed by atoms with Crippen molar-refractivity contribution in [3.8, 4) is 0 Å². The van der Waals surface area contributed by atoms with Crippen LogP contribution in [0, 0.1) is 28.1 Å². The van der Waals surface area contributed by atoms with E-state index < -0.39 is 16.4 Å². The van der Waals surface area contributed by atoms with Gasteiger partial charge in [0.25, 0.3) is 0 Å². The Morgan fingerprint density at radius 1 is 1.21 bits per heavy atom. The molecule has 0 aliphatic heterocycles. The molecule has 3 fully saturated rings. The fraction of sp³-hybridized carbons (Fsp3) is 0.875. The van der Waals surface area contributed by atoms with Crippen LogP contribution in [0.2, 0.25) is 0 Å². The summed E-state index contributed by atoms with van der Waals surface area (Å²) < 4.78 is 5.96. The molecule has 0 radical (unpaired) electrons. The molecule has 0 amide bonds. The van der Waals surface area contributed by atoms with Gasteiger partial charge in [-0.25, -0.2) is 0 Å². The van der Waals surface area contributed by atoms with E-state index in [-0.39, 0.29) is 42.0 Å². The summed E-state index contributed by atoms with van der Waals surface area (Å²) in [4.78, 5) is 12.6. The summed E-state index contributed by atoms with van der Waals surface area (Å²) in [5, 5.41) is 32.7. The monoisotopic (exact) mass is 406 g/mol. The van der Waals surface area contributed by atoms with Crippen LogP contribution in [0.15, 0.2) is 11.6 Å². The van der Waals surface area contributed by atoms with E-state index in [1.807, 2.05) is 20.8 Å². The number of carbonyl (C=O) groups is 1. The largest absolute Gasteiger partial charge is 0.461 e. The fourth-order valence-corrected chi connectivity index (χ4v) is 7.04. The van der Waals surface area contributed by atoms with Crippen molar-refractivity contribution in [2.75, 3.05) is 6.61 Å². The summed E-state index contributed by atoms with van der Waals surface area (Å²) in [5.74, 6) is 0.212. The maximum atomic E-state index is 12.6. The lowest BCUT2D eigenvalue weighted by atomic mass is 9.47. The molecule has 0 saturated heterocycles. The van der Waals surface area contributed by atoms with Crippen LogP contribution in [0.1, 0.15) is 79.1 Å². The van der Waals surface area contributed by atoms with Crippen molar-refractivity contribution in [2.24, 2.45) is 28.1 Å². The van der Waals surface area contributed by atoms with Gasteiger partial charge < -0.3 is 20.1 Å². The molecule has 0 heterocycles. The van der Waals surface area contributed by atoms with Crippen LogP contribution in [-0.4, -0.2) is 45.7 Å². The Kier molecular flexibility index (Phi) is 5.00. The molecule has 4 aliphatic rings. The number of esters is 1. The standard InChI is InChI=1S/C24H38O5/c1-21(2,3)20(27)29-19-9-12-24(28)18-6-5-15-13-16(26)7-11-23(15,14-25)17(18)8-10-22(19,24)4/h6,15-17,19,25-26,28H,5,7-14H2,1-4H3/t15?,16?,17-,19?,22-,23-,24-/m1/s1. The lowest BCUT2D eigenvalue weighted by Gasteiger charge is -2.60. The molecule has 3 unspecified atom stereocenters. The maximum absolute atomic E-state index is 12.6. The second kappa shape index (κ2) is 6.80. The zero-order chi connectivity index (χ0) is 21.2. The predicted molar refractivity (Wildman–Crippen MR) is 110 cm³/mol. The number of hydrogen-bond donors (Lipinski definition) is 3.